The normalized spacial score (nSPS) is 11.6. The van der Waals surface area contributed by atoms with Crippen LogP contribution in [0.3, 0.4) is 0 Å². The van der Waals surface area contributed by atoms with Crippen LogP contribution in [-0.2, 0) is 14.3 Å². The highest BCUT2D eigenvalue weighted by molar-refractivity contribution is 6.01. The van der Waals surface area contributed by atoms with E-state index in [0.717, 1.165) is 0 Å². The molecule has 0 radical (unpaired) electrons. The Hall–Kier alpha value is -2.15. The first-order valence-corrected chi connectivity index (χ1v) is 6.51. The van der Waals surface area contributed by atoms with Crippen molar-refractivity contribution in [1.29, 1.82) is 0 Å². The lowest BCUT2D eigenvalue weighted by Crippen LogP contribution is -2.48. The van der Waals surface area contributed by atoms with Crippen LogP contribution in [0.25, 0.3) is 0 Å². The number of hydrogen-bond donors (Lipinski definition) is 1. The van der Waals surface area contributed by atoms with Gasteiger partial charge in [0.2, 0.25) is 0 Å². The Bertz CT molecular complexity index is 496. The first-order valence-electron chi connectivity index (χ1n) is 6.51. The molecule has 0 aliphatic carbocycles. The van der Waals surface area contributed by atoms with Gasteiger partial charge in [-0.3, -0.25) is 4.79 Å². The Morgan fingerprint density at radius 2 is 2.14 bits per heavy atom. The van der Waals surface area contributed by atoms with E-state index in [2.05, 4.69) is 4.74 Å². The molecule has 1 unspecified atom stereocenters. The monoisotopic (exact) mass is 298 g/mol. The van der Waals surface area contributed by atoms with Gasteiger partial charge >= 0.3 is 5.97 Å². The molecule has 116 valence electrons. The maximum atomic E-state index is 12.9. The Balaban J connectivity index is 2.41. The third-order valence-electron chi connectivity index (χ3n) is 2.67. The second-order valence-corrected chi connectivity index (χ2v) is 4.30. The number of rotatable bonds is 7. The molecule has 1 aromatic carbocycles. The van der Waals surface area contributed by atoms with Crippen LogP contribution in [0.5, 0.6) is 5.75 Å². The first-order chi connectivity index (χ1) is 9.95. The number of amides is 1. The van der Waals surface area contributed by atoms with Gasteiger partial charge in [0, 0.05) is 13.1 Å². The number of ether oxygens (including phenoxy) is 2. The van der Waals surface area contributed by atoms with Crippen LogP contribution in [0.4, 0.5) is 4.39 Å². The Morgan fingerprint density at radius 3 is 2.76 bits per heavy atom. The van der Waals surface area contributed by atoms with Crippen LogP contribution in [0.1, 0.15) is 6.92 Å². The summed E-state index contributed by atoms with van der Waals surface area (Å²) in [5, 5.41) is 0. The molecule has 0 heterocycles. The fourth-order valence-corrected chi connectivity index (χ4v) is 1.54. The number of nitrogens with zero attached hydrogens (tertiary/aromatic N) is 1. The number of esters is 1. The zero-order chi connectivity index (χ0) is 15.8. The maximum absolute atomic E-state index is 12.9. The molecule has 6 nitrogen and oxygen atoms in total. The Kier molecular flexibility index (Phi) is 6.61. The summed E-state index contributed by atoms with van der Waals surface area (Å²) < 4.78 is 22.9. The Morgan fingerprint density at radius 1 is 1.43 bits per heavy atom. The third kappa shape index (κ3) is 5.39. The number of hydrogen-bond acceptors (Lipinski definition) is 5. The molecule has 7 heteroatoms. The minimum absolute atomic E-state index is 0.154. The molecule has 1 atom stereocenters. The van der Waals surface area contributed by atoms with Crippen molar-refractivity contribution < 1.29 is 23.5 Å². The lowest BCUT2D eigenvalue weighted by atomic mass is 10.3. The molecule has 1 rings (SSSR count). The summed E-state index contributed by atoms with van der Waals surface area (Å²) in [6, 6.07) is 4.34. The second kappa shape index (κ2) is 8.21. The maximum Gasteiger partial charge on any atom is 0.332 e. The van der Waals surface area contributed by atoms with Crippen molar-refractivity contribution >= 4 is 11.9 Å². The molecule has 0 aromatic heterocycles. The second-order valence-electron chi connectivity index (χ2n) is 4.30. The standard InChI is InChI=1S/C14H19FN2O4/c1-3-20-14(19)12(16)13(18)17(2)7-8-21-11-6-4-5-10(15)9-11/h4-6,9,12H,3,7-8,16H2,1-2H3. The number of benzene rings is 1. The van der Waals surface area contributed by atoms with Gasteiger partial charge in [-0.1, -0.05) is 6.07 Å². The van der Waals surface area contributed by atoms with Crippen LogP contribution in [0, 0.1) is 5.82 Å². The molecule has 21 heavy (non-hydrogen) atoms. The van der Waals surface area contributed by atoms with Crippen molar-refractivity contribution in [2.45, 2.75) is 13.0 Å². The summed E-state index contributed by atoms with van der Waals surface area (Å²) in [6.45, 7) is 2.15. The fraction of sp³-hybridized carbons (Fsp3) is 0.429. The molecular weight excluding hydrogens is 279 g/mol. The summed E-state index contributed by atoms with van der Waals surface area (Å²) in [5.74, 6) is -1.36. The quantitative estimate of drug-likeness (QED) is 0.587. The van der Waals surface area contributed by atoms with Crippen molar-refractivity contribution in [1.82, 2.24) is 4.90 Å². The van der Waals surface area contributed by atoms with Crippen molar-refractivity contribution in [3.8, 4) is 5.75 Å². The number of nitrogens with two attached hydrogens (primary N) is 1. The number of carbonyl (C=O) groups is 2. The summed E-state index contributed by atoms with van der Waals surface area (Å²) >= 11 is 0. The summed E-state index contributed by atoms with van der Waals surface area (Å²) in [6.07, 6.45) is 0. The van der Waals surface area contributed by atoms with Crippen molar-refractivity contribution in [3.05, 3.63) is 30.1 Å². The smallest absolute Gasteiger partial charge is 0.332 e. The number of halogens is 1. The van der Waals surface area contributed by atoms with Gasteiger partial charge in [0.15, 0.2) is 6.04 Å². The molecule has 0 saturated carbocycles. The summed E-state index contributed by atoms with van der Waals surface area (Å²) in [7, 11) is 1.50. The molecule has 1 amide bonds. The molecule has 0 saturated heterocycles. The molecule has 0 aliphatic heterocycles. The molecular formula is C14H19FN2O4. The van der Waals surface area contributed by atoms with Crippen LogP contribution >= 0.6 is 0 Å². The van der Waals surface area contributed by atoms with Gasteiger partial charge in [0.1, 0.15) is 18.2 Å². The molecule has 0 fully saturated rings. The predicted molar refractivity (Wildman–Crippen MR) is 74.1 cm³/mol. The van der Waals surface area contributed by atoms with Crippen molar-refractivity contribution in [3.63, 3.8) is 0 Å². The SMILES string of the molecule is CCOC(=O)C(N)C(=O)N(C)CCOc1cccc(F)c1. The van der Waals surface area contributed by atoms with Gasteiger partial charge in [-0.2, -0.15) is 0 Å². The minimum atomic E-state index is -1.34. The van der Waals surface area contributed by atoms with E-state index >= 15 is 0 Å². The predicted octanol–water partition coefficient (Wildman–Crippen LogP) is 0.553. The Labute approximate surface area is 122 Å². The lowest BCUT2D eigenvalue weighted by molar-refractivity contribution is -0.150. The fourth-order valence-electron chi connectivity index (χ4n) is 1.54. The highest BCUT2D eigenvalue weighted by Crippen LogP contribution is 2.11. The first kappa shape index (κ1) is 16.9. The average molecular weight is 298 g/mol. The van der Waals surface area contributed by atoms with E-state index in [1.165, 1.54) is 30.1 Å². The topological polar surface area (TPSA) is 81.9 Å². The number of carbonyl (C=O) groups excluding carboxylic acids is 2. The van der Waals surface area contributed by atoms with E-state index in [4.69, 9.17) is 10.5 Å². The van der Waals surface area contributed by atoms with E-state index in [-0.39, 0.29) is 19.8 Å². The highest BCUT2D eigenvalue weighted by Gasteiger charge is 2.26. The summed E-state index contributed by atoms with van der Waals surface area (Å²) in [4.78, 5) is 24.5. The zero-order valence-corrected chi connectivity index (χ0v) is 12.0. The van der Waals surface area contributed by atoms with E-state index in [9.17, 15) is 14.0 Å². The van der Waals surface area contributed by atoms with Crippen LogP contribution in [0.15, 0.2) is 24.3 Å². The molecule has 1 aromatic rings. The van der Waals surface area contributed by atoms with Gasteiger partial charge in [-0.25, -0.2) is 9.18 Å². The lowest BCUT2D eigenvalue weighted by Gasteiger charge is -2.20. The van der Waals surface area contributed by atoms with Crippen molar-refractivity contribution in [2.24, 2.45) is 5.73 Å². The van der Waals surface area contributed by atoms with Crippen LogP contribution in [-0.4, -0.2) is 49.6 Å². The third-order valence-corrected chi connectivity index (χ3v) is 2.67. The van der Waals surface area contributed by atoms with E-state index < -0.39 is 23.7 Å². The van der Waals surface area contributed by atoms with Gasteiger partial charge in [-0.05, 0) is 19.1 Å². The average Bonchev–Trinajstić information content (AvgIpc) is 2.46. The molecule has 0 spiro atoms. The highest BCUT2D eigenvalue weighted by atomic mass is 19.1. The summed E-state index contributed by atoms with van der Waals surface area (Å²) in [5.41, 5.74) is 5.49. The van der Waals surface area contributed by atoms with E-state index in [1.54, 1.807) is 13.0 Å². The van der Waals surface area contributed by atoms with Gasteiger partial charge in [-0.15, -0.1) is 0 Å². The minimum Gasteiger partial charge on any atom is -0.492 e. The largest absolute Gasteiger partial charge is 0.492 e. The molecule has 2 N–H and O–H groups in total. The molecule has 0 bridgehead atoms. The van der Waals surface area contributed by atoms with Gasteiger partial charge in [0.05, 0.1) is 13.2 Å². The number of likely N-dealkylation sites (N-methyl/N-ethyl adjacent to an activating group) is 1. The van der Waals surface area contributed by atoms with Crippen molar-refractivity contribution in [2.75, 3.05) is 26.8 Å². The van der Waals surface area contributed by atoms with Crippen LogP contribution in [0.2, 0.25) is 0 Å². The van der Waals surface area contributed by atoms with Gasteiger partial charge < -0.3 is 20.1 Å². The molecule has 0 aliphatic rings. The zero-order valence-electron chi connectivity index (χ0n) is 12.0. The van der Waals surface area contributed by atoms with Crippen LogP contribution < -0.4 is 10.5 Å². The van der Waals surface area contributed by atoms with E-state index in [1.807, 2.05) is 0 Å². The van der Waals surface area contributed by atoms with E-state index in [0.29, 0.717) is 5.75 Å². The van der Waals surface area contributed by atoms with Gasteiger partial charge in [0.25, 0.3) is 5.91 Å².